The van der Waals surface area contributed by atoms with Gasteiger partial charge in [0.2, 0.25) is 0 Å². The number of carboxylic acid groups (broad SMARTS) is 1. The second-order valence-corrected chi connectivity index (χ2v) is 5.33. The first-order valence-corrected chi connectivity index (χ1v) is 6.54. The van der Waals surface area contributed by atoms with E-state index in [1.807, 2.05) is 13.8 Å². The molecule has 0 bridgehead atoms. The zero-order valence-corrected chi connectivity index (χ0v) is 12.2. The summed E-state index contributed by atoms with van der Waals surface area (Å²) < 4.78 is 15.1. The molecule has 2 aromatic rings. The first-order chi connectivity index (χ1) is 9.31. The van der Waals surface area contributed by atoms with Crippen molar-refractivity contribution < 1.29 is 14.3 Å². The molecule has 1 N–H and O–H groups in total. The number of aromatic carboxylic acids is 1. The van der Waals surface area contributed by atoms with E-state index in [-0.39, 0.29) is 32.9 Å². The Kier molecular flexibility index (Phi) is 4.01. The Morgan fingerprint density at radius 3 is 2.55 bits per heavy atom. The molecule has 0 fully saturated rings. The lowest BCUT2D eigenvalue weighted by molar-refractivity contribution is 0.0697. The van der Waals surface area contributed by atoms with Gasteiger partial charge in [-0.25, -0.2) is 9.18 Å². The number of carboxylic acids is 1. The summed E-state index contributed by atoms with van der Waals surface area (Å²) in [5.74, 6) is -1.83. The fraction of sp³-hybridized carbons (Fsp3) is 0.231. The lowest BCUT2D eigenvalue weighted by Gasteiger charge is -2.05. The van der Waals surface area contributed by atoms with Crippen molar-refractivity contribution >= 4 is 29.2 Å². The van der Waals surface area contributed by atoms with Crippen LogP contribution in [0.25, 0.3) is 11.3 Å². The molecule has 20 heavy (non-hydrogen) atoms. The van der Waals surface area contributed by atoms with Gasteiger partial charge in [0.15, 0.2) is 0 Å². The molecule has 1 aromatic heterocycles. The van der Waals surface area contributed by atoms with Crippen LogP contribution in [0.4, 0.5) is 4.39 Å². The van der Waals surface area contributed by atoms with Crippen molar-refractivity contribution in [1.29, 1.82) is 0 Å². The van der Waals surface area contributed by atoms with Crippen molar-refractivity contribution in [2.75, 3.05) is 0 Å². The summed E-state index contributed by atoms with van der Waals surface area (Å²) in [6.07, 6.45) is 1.39. The van der Waals surface area contributed by atoms with Crippen LogP contribution in [0.2, 0.25) is 10.0 Å². The molecule has 7 heteroatoms. The van der Waals surface area contributed by atoms with E-state index in [9.17, 15) is 14.3 Å². The van der Waals surface area contributed by atoms with Crippen LogP contribution in [-0.2, 0) is 0 Å². The molecule has 4 nitrogen and oxygen atoms in total. The molecular formula is C13H11Cl2FN2O2. The first kappa shape index (κ1) is 14.8. The van der Waals surface area contributed by atoms with Gasteiger partial charge in [0.25, 0.3) is 0 Å². The van der Waals surface area contributed by atoms with Gasteiger partial charge in [-0.2, -0.15) is 5.10 Å². The number of hydrogen-bond donors (Lipinski definition) is 1. The largest absolute Gasteiger partial charge is 0.478 e. The molecule has 0 saturated heterocycles. The van der Waals surface area contributed by atoms with E-state index in [1.165, 1.54) is 16.9 Å². The molecule has 0 spiro atoms. The average molecular weight is 317 g/mol. The minimum Gasteiger partial charge on any atom is -0.478 e. The number of halogens is 3. The maximum Gasteiger partial charge on any atom is 0.339 e. The molecule has 1 aromatic carbocycles. The Hall–Kier alpha value is -1.59. The lowest BCUT2D eigenvalue weighted by Crippen LogP contribution is -2.01. The molecule has 0 aliphatic rings. The third-order valence-corrected chi connectivity index (χ3v) is 3.36. The molecule has 0 radical (unpaired) electrons. The molecule has 0 aliphatic carbocycles. The first-order valence-electron chi connectivity index (χ1n) is 5.78. The molecule has 0 amide bonds. The highest BCUT2D eigenvalue weighted by Gasteiger charge is 2.21. The van der Waals surface area contributed by atoms with Crippen LogP contribution in [0.1, 0.15) is 30.2 Å². The Morgan fingerprint density at radius 2 is 2.00 bits per heavy atom. The molecule has 106 valence electrons. The summed E-state index contributed by atoms with van der Waals surface area (Å²) in [7, 11) is 0. The smallest absolute Gasteiger partial charge is 0.339 e. The summed E-state index contributed by atoms with van der Waals surface area (Å²) in [6, 6.07) is 2.29. The average Bonchev–Trinajstić information content (AvgIpc) is 2.78. The van der Waals surface area contributed by atoms with Gasteiger partial charge in [-0.05, 0) is 26.0 Å². The highest BCUT2D eigenvalue weighted by molar-refractivity contribution is 6.36. The summed E-state index contributed by atoms with van der Waals surface area (Å²) in [5, 5.41) is 13.4. The fourth-order valence-electron chi connectivity index (χ4n) is 1.72. The molecule has 0 aliphatic heterocycles. The zero-order valence-electron chi connectivity index (χ0n) is 10.7. The van der Waals surface area contributed by atoms with Crippen LogP contribution in [0.3, 0.4) is 0 Å². The van der Waals surface area contributed by atoms with Gasteiger partial charge in [0.1, 0.15) is 17.1 Å². The summed E-state index contributed by atoms with van der Waals surface area (Å²) in [6.45, 7) is 3.71. The minimum absolute atomic E-state index is 0.0298. The minimum atomic E-state index is -1.15. The number of aromatic nitrogens is 2. The molecule has 0 unspecified atom stereocenters. The maximum atomic E-state index is 13.6. The van der Waals surface area contributed by atoms with Gasteiger partial charge in [0.05, 0.1) is 10.0 Å². The Bertz CT molecular complexity index is 683. The Morgan fingerprint density at radius 1 is 1.35 bits per heavy atom. The second kappa shape index (κ2) is 5.42. The highest BCUT2D eigenvalue weighted by Crippen LogP contribution is 2.33. The van der Waals surface area contributed by atoms with Crippen molar-refractivity contribution in [2.24, 2.45) is 0 Å². The summed E-state index contributed by atoms with van der Waals surface area (Å²) in [4.78, 5) is 11.3. The van der Waals surface area contributed by atoms with E-state index in [0.29, 0.717) is 0 Å². The third-order valence-electron chi connectivity index (χ3n) is 2.76. The van der Waals surface area contributed by atoms with Crippen molar-refractivity contribution in [2.45, 2.75) is 19.9 Å². The number of hydrogen-bond acceptors (Lipinski definition) is 2. The predicted octanol–water partition coefficient (Wildman–Crippen LogP) is 4.28. The summed E-state index contributed by atoms with van der Waals surface area (Å²) in [5.41, 5.74) is 0.277. The third kappa shape index (κ3) is 2.64. The fourth-order valence-corrected chi connectivity index (χ4v) is 2.19. The van der Waals surface area contributed by atoms with E-state index in [2.05, 4.69) is 5.10 Å². The van der Waals surface area contributed by atoms with E-state index < -0.39 is 11.8 Å². The van der Waals surface area contributed by atoms with E-state index in [0.717, 1.165) is 6.07 Å². The van der Waals surface area contributed by atoms with Crippen molar-refractivity contribution in [3.8, 4) is 11.3 Å². The van der Waals surface area contributed by atoms with Gasteiger partial charge in [-0.3, -0.25) is 4.68 Å². The molecule has 2 rings (SSSR count). The Balaban J connectivity index is 2.68. The standard InChI is InChI=1S/C13H11Cl2FN2O2/c1-6(2)18-5-8(13(19)20)12(17-18)7-3-11(16)10(15)4-9(7)14/h3-6H,1-2H3,(H,19,20). The quantitative estimate of drug-likeness (QED) is 0.860. The number of benzene rings is 1. The van der Waals surface area contributed by atoms with Crippen LogP contribution in [0.5, 0.6) is 0 Å². The SMILES string of the molecule is CC(C)n1cc(C(=O)O)c(-c2cc(F)c(Cl)cc2Cl)n1. The maximum absolute atomic E-state index is 13.6. The van der Waals surface area contributed by atoms with Gasteiger partial charge < -0.3 is 5.11 Å². The van der Waals surface area contributed by atoms with Crippen molar-refractivity contribution in [1.82, 2.24) is 9.78 Å². The molecule has 1 heterocycles. The van der Waals surface area contributed by atoms with Crippen LogP contribution in [-0.4, -0.2) is 20.9 Å². The summed E-state index contributed by atoms with van der Waals surface area (Å²) >= 11 is 11.6. The van der Waals surface area contributed by atoms with Crippen molar-refractivity contribution in [3.05, 3.63) is 39.8 Å². The van der Waals surface area contributed by atoms with Gasteiger partial charge in [0, 0.05) is 17.8 Å². The highest BCUT2D eigenvalue weighted by atomic mass is 35.5. The van der Waals surface area contributed by atoms with Crippen LogP contribution in [0, 0.1) is 5.82 Å². The van der Waals surface area contributed by atoms with Crippen LogP contribution < -0.4 is 0 Å². The van der Waals surface area contributed by atoms with Crippen LogP contribution >= 0.6 is 23.2 Å². The van der Waals surface area contributed by atoms with Crippen LogP contribution in [0.15, 0.2) is 18.3 Å². The Labute approximate surface area is 124 Å². The van der Waals surface area contributed by atoms with Gasteiger partial charge >= 0.3 is 5.97 Å². The molecule has 0 atom stereocenters. The predicted molar refractivity (Wildman–Crippen MR) is 75.0 cm³/mol. The topological polar surface area (TPSA) is 55.1 Å². The van der Waals surface area contributed by atoms with E-state index >= 15 is 0 Å². The van der Waals surface area contributed by atoms with Gasteiger partial charge in [-0.1, -0.05) is 23.2 Å². The van der Waals surface area contributed by atoms with E-state index in [4.69, 9.17) is 23.2 Å². The van der Waals surface area contributed by atoms with Gasteiger partial charge in [-0.15, -0.1) is 0 Å². The number of rotatable bonds is 3. The normalized spacial score (nSPS) is 11.1. The zero-order chi connectivity index (χ0) is 15.0. The van der Waals surface area contributed by atoms with E-state index in [1.54, 1.807) is 0 Å². The van der Waals surface area contributed by atoms with Crippen molar-refractivity contribution in [3.63, 3.8) is 0 Å². The number of nitrogens with zero attached hydrogens (tertiary/aromatic N) is 2. The molecule has 0 saturated carbocycles. The second-order valence-electron chi connectivity index (χ2n) is 4.52. The number of carbonyl (C=O) groups is 1. The molecular weight excluding hydrogens is 306 g/mol. The monoisotopic (exact) mass is 316 g/mol. The lowest BCUT2D eigenvalue weighted by atomic mass is 10.1.